The zero-order valence-corrected chi connectivity index (χ0v) is 16.4. The molecule has 0 radical (unpaired) electrons. The van der Waals surface area contributed by atoms with Gasteiger partial charge in [-0.3, -0.25) is 14.2 Å². The Morgan fingerprint density at radius 1 is 1.28 bits per heavy atom. The van der Waals surface area contributed by atoms with Crippen LogP contribution in [-0.4, -0.2) is 61.8 Å². The summed E-state index contributed by atoms with van der Waals surface area (Å²) in [5, 5.41) is 14.4. The Bertz CT molecular complexity index is 945. The molecule has 3 aliphatic rings. The van der Waals surface area contributed by atoms with Crippen LogP contribution < -0.4 is 10.9 Å². The van der Waals surface area contributed by atoms with Crippen molar-refractivity contribution in [3.8, 4) is 0 Å². The van der Waals surface area contributed by atoms with E-state index in [0.29, 0.717) is 32.5 Å². The first-order valence-electron chi connectivity index (χ1n) is 10.4. The minimum atomic E-state index is -0.837. The molecule has 2 N–H and O–H groups in total. The SMILES string of the molecule is O=C([C@H]1[C@@H]2CNC[C@@H](C2)c2cccc(=O)n21)N1CCC(O)(Cn2ccnc2)CC1. The first kappa shape index (κ1) is 18.6. The van der Waals surface area contributed by atoms with E-state index in [0.717, 1.165) is 25.2 Å². The molecule has 0 aromatic carbocycles. The van der Waals surface area contributed by atoms with Gasteiger partial charge in [-0.15, -0.1) is 0 Å². The Morgan fingerprint density at radius 3 is 2.86 bits per heavy atom. The standard InChI is InChI=1S/C21H27N5O3/c27-18-3-1-2-17-15-10-16(12-23-11-15)19(26(17)18)20(28)25-7-4-21(29,5-8-25)13-24-9-6-22-14-24/h1-3,6,9,14-16,19,23,29H,4-5,7-8,10-13H2/t15-,16+,19-/m1/s1. The molecular weight excluding hydrogens is 370 g/mol. The van der Waals surface area contributed by atoms with Crippen molar-refractivity contribution < 1.29 is 9.90 Å². The van der Waals surface area contributed by atoms with E-state index in [1.54, 1.807) is 29.2 Å². The largest absolute Gasteiger partial charge is 0.388 e. The number of pyridine rings is 1. The molecule has 2 aromatic heterocycles. The maximum absolute atomic E-state index is 13.5. The summed E-state index contributed by atoms with van der Waals surface area (Å²) in [6.45, 7) is 3.09. The second-order valence-corrected chi connectivity index (χ2v) is 8.74. The minimum Gasteiger partial charge on any atom is -0.388 e. The lowest BCUT2D eigenvalue weighted by atomic mass is 9.78. The van der Waals surface area contributed by atoms with Gasteiger partial charge in [0.1, 0.15) is 6.04 Å². The number of amides is 1. The van der Waals surface area contributed by atoms with Crippen LogP contribution in [-0.2, 0) is 11.3 Å². The fourth-order valence-corrected chi connectivity index (χ4v) is 5.32. The lowest BCUT2D eigenvalue weighted by Gasteiger charge is -2.45. The third-order valence-electron chi connectivity index (χ3n) is 6.84. The maximum Gasteiger partial charge on any atom is 0.251 e. The molecule has 0 saturated carbocycles. The van der Waals surface area contributed by atoms with Gasteiger partial charge < -0.3 is 19.9 Å². The number of aromatic nitrogens is 3. The molecule has 1 amide bonds. The predicted octanol–water partition coefficient (Wildman–Crippen LogP) is 0.346. The average molecular weight is 397 g/mol. The summed E-state index contributed by atoms with van der Waals surface area (Å²) in [5.41, 5.74) is 0.0370. The number of aliphatic hydroxyl groups is 1. The van der Waals surface area contributed by atoms with Gasteiger partial charge in [-0.05, 0) is 25.3 Å². The van der Waals surface area contributed by atoms with Gasteiger partial charge in [-0.2, -0.15) is 0 Å². The van der Waals surface area contributed by atoms with Crippen molar-refractivity contribution in [3.05, 3.63) is 53.0 Å². The van der Waals surface area contributed by atoms with Gasteiger partial charge in [0.15, 0.2) is 0 Å². The average Bonchev–Trinajstić information content (AvgIpc) is 3.22. The summed E-state index contributed by atoms with van der Waals surface area (Å²) < 4.78 is 3.62. The van der Waals surface area contributed by atoms with Gasteiger partial charge in [-0.25, -0.2) is 4.98 Å². The van der Waals surface area contributed by atoms with Crippen LogP contribution in [0.3, 0.4) is 0 Å². The molecule has 2 aromatic rings. The smallest absolute Gasteiger partial charge is 0.251 e. The van der Waals surface area contributed by atoms with Gasteiger partial charge in [0.05, 0.1) is 18.5 Å². The topological polar surface area (TPSA) is 92.4 Å². The molecular formula is C21H27N5O3. The molecule has 5 heterocycles. The van der Waals surface area contributed by atoms with Crippen LogP contribution in [0, 0.1) is 5.92 Å². The highest BCUT2D eigenvalue weighted by molar-refractivity contribution is 5.81. The van der Waals surface area contributed by atoms with E-state index in [1.807, 2.05) is 21.7 Å². The number of likely N-dealkylation sites (tertiary alicyclic amines) is 1. The molecule has 5 rings (SSSR count). The number of hydrogen-bond donors (Lipinski definition) is 2. The second-order valence-electron chi connectivity index (χ2n) is 8.74. The molecule has 8 heteroatoms. The number of carbonyl (C=O) groups is 1. The maximum atomic E-state index is 13.5. The zero-order chi connectivity index (χ0) is 20.0. The van der Waals surface area contributed by atoms with Gasteiger partial charge in [0.2, 0.25) is 5.91 Å². The minimum absolute atomic E-state index is 0.0105. The number of nitrogens with zero attached hydrogens (tertiary/aromatic N) is 4. The van der Waals surface area contributed by atoms with Crippen molar-refractivity contribution in [2.45, 2.75) is 43.4 Å². The van der Waals surface area contributed by atoms with Crippen LogP contribution in [0.25, 0.3) is 0 Å². The van der Waals surface area contributed by atoms with E-state index in [2.05, 4.69) is 10.3 Å². The first-order chi connectivity index (χ1) is 14.0. The Labute approximate surface area is 169 Å². The van der Waals surface area contributed by atoms with E-state index in [-0.39, 0.29) is 23.3 Å². The molecule has 0 spiro atoms. The van der Waals surface area contributed by atoms with Gasteiger partial charge in [0.25, 0.3) is 5.56 Å². The highest BCUT2D eigenvalue weighted by Crippen LogP contribution is 2.40. The normalized spacial score (nSPS) is 28.0. The van der Waals surface area contributed by atoms with Crippen LogP contribution in [0.5, 0.6) is 0 Å². The number of fused-ring (bicyclic) bond motifs is 4. The summed E-state index contributed by atoms with van der Waals surface area (Å²) in [6.07, 6.45) is 7.22. The molecule has 0 aliphatic carbocycles. The van der Waals surface area contributed by atoms with Gasteiger partial charge >= 0.3 is 0 Å². The Kier molecular flexibility index (Phi) is 4.55. The van der Waals surface area contributed by atoms with Crippen molar-refractivity contribution in [3.63, 3.8) is 0 Å². The van der Waals surface area contributed by atoms with Crippen LogP contribution in [0.4, 0.5) is 0 Å². The molecule has 8 nitrogen and oxygen atoms in total. The van der Waals surface area contributed by atoms with Crippen molar-refractivity contribution >= 4 is 5.91 Å². The summed E-state index contributed by atoms with van der Waals surface area (Å²) in [5.74, 6) is 0.422. The molecule has 3 aliphatic heterocycles. The van der Waals surface area contributed by atoms with E-state index < -0.39 is 11.6 Å². The van der Waals surface area contributed by atoms with Crippen molar-refractivity contribution in [2.24, 2.45) is 5.92 Å². The highest BCUT2D eigenvalue weighted by Gasteiger charge is 2.44. The van der Waals surface area contributed by atoms with E-state index in [9.17, 15) is 14.7 Å². The molecule has 2 saturated heterocycles. The Balaban J connectivity index is 1.36. The lowest BCUT2D eigenvalue weighted by Crippen LogP contribution is -2.55. The van der Waals surface area contributed by atoms with Gasteiger partial charge in [0, 0.05) is 62.2 Å². The van der Waals surface area contributed by atoms with E-state index >= 15 is 0 Å². The summed E-state index contributed by atoms with van der Waals surface area (Å²) >= 11 is 0. The molecule has 29 heavy (non-hydrogen) atoms. The molecule has 2 fully saturated rings. The second kappa shape index (κ2) is 7.11. The van der Waals surface area contributed by atoms with Crippen molar-refractivity contribution in [1.82, 2.24) is 24.3 Å². The zero-order valence-electron chi connectivity index (χ0n) is 16.4. The quantitative estimate of drug-likeness (QED) is 0.780. The Morgan fingerprint density at radius 2 is 2.10 bits per heavy atom. The fraction of sp³-hybridized carbons (Fsp3) is 0.571. The fourth-order valence-electron chi connectivity index (χ4n) is 5.32. The van der Waals surface area contributed by atoms with Crippen LogP contribution in [0.1, 0.15) is 36.9 Å². The third-order valence-corrected chi connectivity index (χ3v) is 6.84. The summed E-state index contributed by atoms with van der Waals surface area (Å²) in [6, 6.07) is 4.87. The monoisotopic (exact) mass is 397 g/mol. The Hall–Kier alpha value is -2.45. The van der Waals surface area contributed by atoms with Crippen LogP contribution >= 0.6 is 0 Å². The summed E-state index contributed by atoms with van der Waals surface area (Å²) in [7, 11) is 0. The van der Waals surface area contributed by atoms with Crippen molar-refractivity contribution in [2.75, 3.05) is 26.2 Å². The van der Waals surface area contributed by atoms with E-state index in [4.69, 9.17) is 0 Å². The number of imidazole rings is 1. The predicted molar refractivity (Wildman–Crippen MR) is 106 cm³/mol. The third kappa shape index (κ3) is 3.30. The van der Waals surface area contributed by atoms with Gasteiger partial charge in [-0.1, -0.05) is 6.07 Å². The molecule has 2 bridgehead atoms. The highest BCUT2D eigenvalue weighted by atomic mass is 16.3. The van der Waals surface area contributed by atoms with Crippen LogP contribution in [0.15, 0.2) is 41.7 Å². The molecule has 154 valence electrons. The van der Waals surface area contributed by atoms with E-state index in [1.165, 1.54) is 0 Å². The molecule has 3 atom stereocenters. The molecule has 0 unspecified atom stereocenters. The number of nitrogens with one attached hydrogen (secondary N) is 1. The lowest BCUT2D eigenvalue weighted by molar-refractivity contribution is -0.142. The number of hydrogen-bond acceptors (Lipinski definition) is 5. The first-order valence-corrected chi connectivity index (χ1v) is 10.4. The van der Waals surface area contributed by atoms with Crippen LogP contribution in [0.2, 0.25) is 0 Å². The number of rotatable bonds is 3. The summed E-state index contributed by atoms with van der Waals surface area (Å²) in [4.78, 5) is 32.1. The number of piperidine rings is 2. The van der Waals surface area contributed by atoms with Crippen molar-refractivity contribution in [1.29, 1.82) is 0 Å². The number of carbonyl (C=O) groups excluding carboxylic acids is 1.